The summed E-state index contributed by atoms with van der Waals surface area (Å²) in [5.74, 6) is 1.75. The third-order valence-corrected chi connectivity index (χ3v) is 2.54. The summed E-state index contributed by atoms with van der Waals surface area (Å²) in [6.45, 7) is 2.51. The Morgan fingerprint density at radius 3 is 2.47 bits per heavy atom. The van der Waals surface area contributed by atoms with Crippen molar-refractivity contribution in [2.24, 2.45) is 16.5 Å². The molecule has 1 aromatic carbocycles. The minimum absolute atomic E-state index is 0.106. The van der Waals surface area contributed by atoms with E-state index in [1.807, 2.05) is 19.1 Å². The Hall–Kier alpha value is -1.91. The fraction of sp³-hybridized carbons (Fsp3) is 0.417. The molecule has 0 bridgehead atoms. The number of aliphatic imine (C=N–C) groups is 1. The fourth-order valence-electron chi connectivity index (χ4n) is 1.74. The Kier molecular flexibility index (Phi) is 4.63. The molecule has 5 nitrogen and oxygen atoms in total. The zero-order valence-electron chi connectivity index (χ0n) is 10.5. The van der Waals surface area contributed by atoms with Gasteiger partial charge < -0.3 is 20.9 Å². The molecule has 0 spiro atoms. The third kappa shape index (κ3) is 3.27. The second-order valence-electron chi connectivity index (χ2n) is 3.64. The van der Waals surface area contributed by atoms with Crippen molar-refractivity contribution < 1.29 is 9.47 Å². The molecule has 4 N–H and O–H groups in total. The maximum absolute atomic E-state index is 5.39. The monoisotopic (exact) mass is 237 g/mol. The minimum atomic E-state index is 0.106. The van der Waals surface area contributed by atoms with Crippen LogP contribution in [0.25, 0.3) is 0 Å². The van der Waals surface area contributed by atoms with Crippen LogP contribution in [-0.2, 0) is 6.42 Å². The van der Waals surface area contributed by atoms with Crippen LogP contribution in [0.4, 0.5) is 0 Å². The van der Waals surface area contributed by atoms with E-state index in [4.69, 9.17) is 20.9 Å². The lowest BCUT2D eigenvalue weighted by Gasteiger charge is -2.13. The van der Waals surface area contributed by atoms with Gasteiger partial charge in [-0.2, -0.15) is 0 Å². The summed E-state index contributed by atoms with van der Waals surface area (Å²) in [7, 11) is 3.28. The van der Waals surface area contributed by atoms with Crippen molar-refractivity contribution in [1.29, 1.82) is 0 Å². The second kappa shape index (κ2) is 5.98. The Balaban J connectivity index is 2.92. The average molecular weight is 237 g/mol. The van der Waals surface area contributed by atoms with E-state index in [0.29, 0.717) is 6.54 Å². The van der Waals surface area contributed by atoms with Gasteiger partial charge >= 0.3 is 0 Å². The number of nitrogens with zero attached hydrogens (tertiary/aromatic N) is 1. The van der Waals surface area contributed by atoms with Crippen LogP contribution in [-0.4, -0.2) is 26.7 Å². The number of rotatable bonds is 5. The highest BCUT2D eigenvalue weighted by Gasteiger charge is 2.10. The molecule has 0 atom stereocenters. The first-order chi connectivity index (χ1) is 8.10. The lowest BCUT2D eigenvalue weighted by Crippen LogP contribution is -2.23. The molecule has 0 amide bonds. The lowest BCUT2D eigenvalue weighted by atomic mass is 10.1. The molecule has 5 heteroatoms. The van der Waals surface area contributed by atoms with E-state index in [0.717, 1.165) is 29.0 Å². The molecule has 0 aliphatic rings. The van der Waals surface area contributed by atoms with Crippen LogP contribution in [0.2, 0.25) is 0 Å². The number of methoxy groups -OCH3 is 2. The van der Waals surface area contributed by atoms with Gasteiger partial charge in [0.05, 0.1) is 14.2 Å². The van der Waals surface area contributed by atoms with Gasteiger partial charge in [0.2, 0.25) is 0 Å². The van der Waals surface area contributed by atoms with Crippen LogP contribution in [0.1, 0.15) is 11.1 Å². The van der Waals surface area contributed by atoms with Gasteiger partial charge in [-0.15, -0.1) is 0 Å². The van der Waals surface area contributed by atoms with Crippen molar-refractivity contribution in [3.05, 3.63) is 23.3 Å². The molecule has 0 heterocycles. The SMILES string of the molecule is COc1ccc(CCN=C(N)N)c(OC)c1C. The van der Waals surface area contributed by atoms with E-state index in [2.05, 4.69) is 4.99 Å². The molecule has 0 fully saturated rings. The highest BCUT2D eigenvalue weighted by molar-refractivity contribution is 5.75. The van der Waals surface area contributed by atoms with Crippen LogP contribution in [0.3, 0.4) is 0 Å². The normalized spacial score (nSPS) is 9.82. The lowest BCUT2D eigenvalue weighted by molar-refractivity contribution is 0.385. The van der Waals surface area contributed by atoms with Gasteiger partial charge in [-0.3, -0.25) is 4.99 Å². The van der Waals surface area contributed by atoms with Gasteiger partial charge in [0.1, 0.15) is 11.5 Å². The molecule has 1 rings (SSSR count). The highest BCUT2D eigenvalue weighted by Crippen LogP contribution is 2.31. The third-order valence-electron chi connectivity index (χ3n) is 2.54. The standard InChI is InChI=1S/C12H19N3O2/c1-8-10(16-2)5-4-9(11(8)17-3)6-7-15-12(13)14/h4-5H,6-7H2,1-3H3,(H4,13,14,15). The Bertz CT molecular complexity index is 412. The topological polar surface area (TPSA) is 82.9 Å². The van der Waals surface area contributed by atoms with Crippen LogP contribution in [0.5, 0.6) is 11.5 Å². The zero-order valence-corrected chi connectivity index (χ0v) is 10.5. The number of ether oxygens (including phenoxy) is 2. The fourth-order valence-corrected chi connectivity index (χ4v) is 1.74. The van der Waals surface area contributed by atoms with Crippen molar-refractivity contribution in [2.75, 3.05) is 20.8 Å². The van der Waals surface area contributed by atoms with Gasteiger partial charge in [0.25, 0.3) is 0 Å². The molecule has 0 aliphatic carbocycles. The molecule has 1 aromatic rings. The predicted octanol–water partition coefficient (Wildman–Crippen LogP) is 0.828. The molecular formula is C12H19N3O2. The van der Waals surface area contributed by atoms with E-state index >= 15 is 0 Å². The maximum atomic E-state index is 5.39. The zero-order chi connectivity index (χ0) is 12.8. The van der Waals surface area contributed by atoms with E-state index in [1.54, 1.807) is 14.2 Å². The molecule has 0 radical (unpaired) electrons. The Morgan fingerprint density at radius 1 is 1.24 bits per heavy atom. The van der Waals surface area contributed by atoms with E-state index in [1.165, 1.54) is 0 Å². The summed E-state index contributed by atoms with van der Waals surface area (Å²) in [6.07, 6.45) is 0.728. The molecule has 0 unspecified atom stereocenters. The van der Waals surface area contributed by atoms with Gasteiger partial charge in [-0.1, -0.05) is 6.07 Å². The molecule has 0 saturated heterocycles. The van der Waals surface area contributed by atoms with Crippen molar-refractivity contribution in [1.82, 2.24) is 0 Å². The van der Waals surface area contributed by atoms with Crippen molar-refractivity contribution in [3.63, 3.8) is 0 Å². The summed E-state index contributed by atoms with van der Waals surface area (Å²) in [6, 6.07) is 3.88. The first kappa shape index (κ1) is 13.2. The van der Waals surface area contributed by atoms with Crippen molar-refractivity contribution in [2.45, 2.75) is 13.3 Å². The first-order valence-electron chi connectivity index (χ1n) is 5.36. The summed E-state index contributed by atoms with van der Waals surface area (Å²) >= 11 is 0. The number of nitrogens with two attached hydrogens (primary N) is 2. The molecule has 0 aliphatic heterocycles. The van der Waals surface area contributed by atoms with E-state index < -0.39 is 0 Å². The Morgan fingerprint density at radius 2 is 1.94 bits per heavy atom. The predicted molar refractivity (Wildman–Crippen MR) is 68.7 cm³/mol. The highest BCUT2D eigenvalue weighted by atomic mass is 16.5. The summed E-state index contributed by atoms with van der Waals surface area (Å²) in [5, 5.41) is 0. The number of hydrogen-bond acceptors (Lipinski definition) is 3. The first-order valence-corrected chi connectivity index (χ1v) is 5.36. The largest absolute Gasteiger partial charge is 0.496 e. The van der Waals surface area contributed by atoms with Crippen molar-refractivity contribution >= 4 is 5.96 Å². The maximum Gasteiger partial charge on any atom is 0.185 e. The summed E-state index contributed by atoms with van der Waals surface area (Å²) < 4.78 is 10.6. The molecule has 0 saturated carbocycles. The van der Waals surface area contributed by atoms with Crippen LogP contribution >= 0.6 is 0 Å². The summed E-state index contributed by atoms with van der Waals surface area (Å²) in [4.78, 5) is 3.95. The molecule has 94 valence electrons. The van der Waals surface area contributed by atoms with Crippen LogP contribution < -0.4 is 20.9 Å². The minimum Gasteiger partial charge on any atom is -0.496 e. The van der Waals surface area contributed by atoms with Crippen LogP contribution in [0, 0.1) is 6.92 Å². The van der Waals surface area contributed by atoms with Crippen LogP contribution in [0.15, 0.2) is 17.1 Å². The van der Waals surface area contributed by atoms with E-state index in [-0.39, 0.29) is 5.96 Å². The molecular weight excluding hydrogens is 218 g/mol. The molecule has 0 aromatic heterocycles. The Labute approximate surface area is 101 Å². The van der Waals surface area contributed by atoms with Crippen molar-refractivity contribution in [3.8, 4) is 11.5 Å². The second-order valence-corrected chi connectivity index (χ2v) is 3.64. The smallest absolute Gasteiger partial charge is 0.185 e. The quantitative estimate of drug-likeness (QED) is 0.587. The van der Waals surface area contributed by atoms with Gasteiger partial charge in [-0.25, -0.2) is 0 Å². The molecule has 17 heavy (non-hydrogen) atoms. The average Bonchev–Trinajstić information content (AvgIpc) is 2.29. The van der Waals surface area contributed by atoms with Gasteiger partial charge in [0, 0.05) is 12.1 Å². The van der Waals surface area contributed by atoms with Gasteiger partial charge in [-0.05, 0) is 25.0 Å². The number of hydrogen-bond donors (Lipinski definition) is 2. The van der Waals surface area contributed by atoms with Gasteiger partial charge in [0.15, 0.2) is 5.96 Å². The summed E-state index contributed by atoms with van der Waals surface area (Å²) in [5.41, 5.74) is 12.6. The van der Waals surface area contributed by atoms with E-state index in [9.17, 15) is 0 Å². The number of benzene rings is 1. The number of guanidine groups is 1.